The van der Waals surface area contributed by atoms with Gasteiger partial charge in [-0.15, -0.1) is 11.3 Å². The van der Waals surface area contributed by atoms with Crippen LogP contribution < -0.4 is 10.6 Å². The van der Waals surface area contributed by atoms with Crippen LogP contribution in [0.25, 0.3) is 0 Å². The third-order valence-electron chi connectivity index (χ3n) is 4.17. The molecule has 0 spiro atoms. The quantitative estimate of drug-likeness (QED) is 0.806. The number of thiophene rings is 1. The van der Waals surface area contributed by atoms with Gasteiger partial charge in [-0.1, -0.05) is 17.7 Å². The van der Waals surface area contributed by atoms with Crippen LogP contribution in [-0.4, -0.2) is 24.5 Å². The predicted molar refractivity (Wildman–Crippen MR) is 99.7 cm³/mol. The van der Waals surface area contributed by atoms with Gasteiger partial charge in [-0.3, -0.25) is 10.1 Å². The number of benzene rings is 1. The number of hydrogen-bond acceptors (Lipinski definition) is 5. The first-order valence-corrected chi connectivity index (χ1v) is 9.21. The molecule has 26 heavy (non-hydrogen) atoms. The molecule has 0 bridgehead atoms. The van der Waals surface area contributed by atoms with Crippen LogP contribution >= 0.6 is 11.3 Å². The molecule has 6 nitrogen and oxygen atoms in total. The maximum Gasteiger partial charge on any atom is 0.348 e. The van der Waals surface area contributed by atoms with E-state index in [1.165, 1.54) is 21.8 Å². The number of nitrogens with one attached hydrogen (secondary N) is 2. The van der Waals surface area contributed by atoms with Gasteiger partial charge >= 0.3 is 12.0 Å². The standard InChI is InChI=1S/C19H20N2O4S/c1-11-6-7-14(12(2)8-11)20-19(24)21-17(22)10-25-18(23)16-9-13-4-3-5-15(13)26-16/h6-9H,3-5,10H2,1-2H3,(H2,20,21,22,24). The largest absolute Gasteiger partial charge is 0.451 e. The first-order valence-electron chi connectivity index (χ1n) is 8.39. The third kappa shape index (κ3) is 4.29. The number of fused-ring (bicyclic) bond motifs is 1. The monoisotopic (exact) mass is 372 g/mol. The van der Waals surface area contributed by atoms with E-state index in [4.69, 9.17) is 4.74 Å². The Morgan fingerprint density at radius 3 is 2.69 bits per heavy atom. The fourth-order valence-corrected chi connectivity index (χ4v) is 4.05. The highest BCUT2D eigenvalue weighted by molar-refractivity contribution is 7.14. The van der Waals surface area contributed by atoms with Gasteiger partial charge in [0.25, 0.3) is 5.91 Å². The zero-order valence-corrected chi connectivity index (χ0v) is 15.5. The molecular formula is C19H20N2O4S. The van der Waals surface area contributed by atoms with E-state index in [9.17, 15) is 14.4 Å². The van der Waals surface area contributed by atoms with E-state index >= 15 is 0 Å². The van der Waals surface area contributed by atoms with E-state index in [1.54, 1.807) is 6.07 Å². The minimum atomic E-state index is -0.676. The van der Waals surface area contributed by atoms with Gasteiger partial charge in [0.1, 0.15) is 4.88 Å². The molecule has 0 unspecified atom stereocenters. The Labute approximate surface area is 155 Å². The maximum absolute atomic E-state index is 12.0. The van der Waals surface area contributed by atoms with E-state index in [0.717, 1.165) is 30.4 Å². The normalized spacial score (nSPS) is 12.4. The topological polar surface area (TPSA) is 84.5 Å². The summed E-state index contributed by atoms with van der Waals surface area (Å²) in [6.45, 7) is 3.32. The number of esters is 1. The minimum absolute atomic E-state index is 0.498. The van der Waals surface area contributed by atoms with Gasteiger partial charge in [0.2, 0.25) is 0 Å². The molecule has 7 heteroatoms. The summed E-state index contributed by atoms with van der Waals surface area (Å²) in [6.07, 6.45) is 3.10. The molecule has 0 saturated heterocycles. The van der Waals surface area contributed by atoms with Crippen LogP contribution in [0.5, 0.6) is 0 Å². The van der Waals surface area contributed by atoms with E-state index in [-0.39, 0.29) is 0 Å². The van der Waals surface area contributed by atoms with Gasteiger partial charge < -0.3 is 10.1 Å². The van der Waals surface area contributed by atoms with Gasteiger partial charge in [0.15, 0.2) is 6.61 Å². The Morgan fingerprint density at radius 2 is 1.96 bits per heavy atom. The number of anilines is 1. The second kappa shape index (κ2) is 7.70. The summed E-state index contributed by atoms with van der Waals surface area (Å²) in [7, 11) is 0. The Hall–Kier alpha value is -2.67. The average Bonchev–Trinajstić information content (AvgIpc) is 3.17. The fourth-order valence-electron chi connectivity index (χ4n) is 2.90. The van der Waals surface area contributed by atoms with Crippen molar-refractivity contribution in [1.82, 2.24) is 5.32 Å². The molecule has 0 radical (unpaired) electrons. The molecule has 3 amide bonds. The maximum atomic E-state index is 12.0. The van der Waals surface area contributed by atoms with Crippen molar-refractivity contribution in [2.24, 2.45) is 0 Å². The van der Waals surface area contributed by atoms with E-state index < -0.39 is 24.5 Å². The highest BCUT2D eigenvalue weighted by Crippen LogP contribution is 2.30. The SMILES string of the molecule is Cc1ccc(NC(=O)NC(=O)COC(=O)c2cc3c(s2)CCC3)c(C)c1. The molecule has 2 aromatic rings. The number of aryl methyl sites for hydroxylation is 4. The summed E-state index contributed by atoms with van der Waals surface area (Å²) in [5, 5.41) is 4.76. The number of hydrogen-bond donors (Lipinski definition) is 2. The molecule has 0 saturated carbocycles. The van der Waals surface area contributed by atoms with Crippen LogP contribution in [0.2, 0.25) is 0 Å². The molecule has 1 heterocycles. The number of imide groups is 1. The molecule has 0 fully saturated rings. The smallest absolute Gasteiger partial charge is 0.348 e. The van der Waals surface area contributed by atoms with Gasteiger partial charge in [-0.05, 0) is 56.4 Å². The summed E-state index contributed by atoms with van der Waals surface area (Å²) in [6, 6.07) is 6.74. The zero-order chi connectivity index (χ0) is 18.7. The molecule has 1 aliphatic rings. The number of amides is 3. The number of carbonyl (C=O) groups excluding carboxylic acids is 3. The highest BCUT2D eigenvalue weighted by Gasteiger charge is 2.20. The lowest BCUT2D eigenvalue weighted by Gasteiger charge is -2.10. The lowest BCUT2D eigenvalue weighted by atomic mass is 10.1. The van der Waals surface area contributed by atoms with Gasteiger partial charge in [-0.25, -0.2) is 9.59 Å². The third-order valence-corrected chi connectivity index (χ3v) is 5.38. The summed E-state index contributed by atoms with van der Waals surface area (Å²) < 4.78 is 5.00. The van der Waals surface area contributed by atoms with Crippen molar-refractivity contribution in [3.05, 3.63) is 50.7 Å². The van der Waals surface area contributed by atoms with Crippen molar-refractivity contribution in [3.8, 4) is 0 Å². The molecule has 1 aromatic heterocycles. The van der Waals surface area contributed by atoms with Crippen LogP contribution in [0.1, 0.15) is 37.7 Å². The first-order chi connectivity index (χ1) is 12.4. The van der Waals surface area contributed by atoms with Crippen LogP contribution in [0.3, 0.4) is 0 Å². The first kappa shape index (κ1) is 18.1. The average molecular weight is 372 g/mol. The fraction of sp³-hybridized carbons (Fsp3) is 0.316. The van der Waals surface area contributed by atoms with Crippen molar-refractivity contribution in [1.29, 1.82) is 0 Å². The van der Waals surface area contributed by atoms with Crippen molar-refractivity contribution in [2.75, 3.05) is 11.9 Å². The highest BCUT2D eigenvalue weighted by atomic mass is 32.1. The number of ether oxygens (including phenoxy) is 1. The van der Waals surface area contributed by atoms with E-state index in [1.807, 2.05) is 32.0 Å². The van der Waals surface area contributed by atoms with E-state index in [0.29, 0.717) is 10.6 Å². The molecule has 3 rings (SSSR count). The Kier molecular flexibility index (Phi) is 5.37. The Bertz CT molecular complexity index is 851. The van der Waals surface area contributed by atoms with Crippen molar-refractivity contribution in [3.63, 3.8) is 0 Å². The molecule has 0 atom stereocenters. The van der Waals surface area contributed by atoms with Gasteiger partial charge in [-0.2, -0.15) is 0 Å². The molecule has 1 aliphatic carbocycles. The van der Waals surface area contributed by atoms with Crippen molar-refractivity contribution >= 4 is 34.9 Å². The molecule has 1 aromatic carbocycles. The molecule has 136 valence electrons. The van der Waals surface area contributed by atoms with Crippen LogP contribution in [0.15, 0.2) is 24.3 Å². The lowest BCUT2D eigenvalue weighted by molar-refractivity contribution is -0.123. The summed E-state index contributed by atoms with van der Waals surface area (Å²) in [4.78, 5) is 37.4. The predicted octanol–water partition coefficient (Wildman–Crippen LogP) is 3.36. The van der Waals surface area contributed by atoms with E-state index in [2.05, 4.69) is 10.6 Å². The molecule has 2 N–H and O–H groups in total. The Balaban J connectivity index is 1.47. The number of urea groups is 1. The zero-order valence-electron chi connectivity index (χ0n) is 14.7. The second-order valence-electron chi connectivity index (χ2n) is 6.31. The number of carbonyl (C=O) groups is 3. The van der Waals surface area contributed by atoms with Crippen LogP contribution in [0.4, 0.5) is 10.5 Å². The summed E-state index contributed by atoms with van der Waals surface area (Å²) in [5.74, 6) is -1.21. The molecular weight excluding hydrogens is 352 g/mol. The summed E-state index contributed by atoms with van der Waals surface area (Å²) >= 11 is 1.41. The lowest BCUT2D eigenvalue weighted by Crippen LogP contribution is -2.37. The van der Waals surface area contributed by atoms with Crippen molar-refractivity contribution < 1.29 is 19.1 Å². The van der Waals surface area contributed by atoms with Gasteiger partial charge in [0, 0.05) is 10.6 Å². The van der Waals surface area contributed by atoms with Crippen LogP contribution in [-0.2, 0) is 22.4 Å². The Morgan fingerprint density at radius 1 is 1.15 bits per heavy atom. The van der Waals surface area contributed by atoms with Crippen LogP contribution in [0, 0.1) is 13.8 Å². The van der Waals surface area contributed by atoms with Crippen molar-refractivity contribution in [2.45, 2.75) is 33.1 Å². The van der Waals surface area contributed by atoms with Gasteiger partial charge in [0.05, 0.1) is 0 Å². The minimum Gasteiger partial charge on any atom is -0.451 e. The summed E-state index contributed by atoms with van der Waals surface area (Å²) in [5.41, 5.74) is 3.78. The molecule has 0 aliphatic heterocycles. The second-order valence-corrected chi connectivity index (χ2v) is 7.45. The number of rotatable bonds is 4.